The maximum absolute atomic E-state index is 12.4. The molecule has 1 aromatic heterocycles. The Morgan fingerprint density at radius 3 is 2.73 bits per heavy atom. The Morgan fingerprint density at radius 2 is 2.03 bits per heavy atom. The Morgan fingerprint density at radius 1 is 1.27 bits per heavy atom. The molecule has 162 valence electrons. The molecule has 2 aliphatic rings. The largest absolute Gasteiger partial charge is 0.485 e. The van der Waals surface area contributed by atoms with Crippen molar-refractivity contribution in [3.63, 3.8) is 0 Å². The van der Waals surface area contributed by atoms with Crippen LogP contribution in [0.1, 0.15) is 69.3 Å². The number of hydrogen-bond acceptors (Lipinski definition) is 5. The monoisotopic (exact) mass is 448 g/mol. The fourth-order valence-electron chi connectivity index (χ4n) is 3.87. The lowest BCUT2D eigenvalue weighted by Crippen LogP contribution is -2.32. The molecule has 2 fully saturated rings. The van der Waals surface area contributed by atoms with Crippen LogP contribution < -0.4 is 10.1 Å². The molecule has 2 saturated carbocycles. The first kappa shape index (κ1) is 21.5. The summed E-state index contributed by atoms with van der Waals surface area (Å²) in [6, 6.07) is 6.34. The van der Waals surface area contributed by atoms with Gasteiger partial charge in [-0.1, -0.05) is 42.6 Å². The van der Waals surface area contributed by atoms with Crippen molar-refractivity contribution in [1.82, 2.24) is 20.1 Å². The van der Waals surface area contributed by atoms with Gasteiger partial charge < -0.3 is 10.1 Å². The van der Waals surface area contributed by atoms with Crippen molar-refractivity contribution < 1.29 is 9.53 Å². The molecule has 2 aliphatic carbocycles. The molecule has 6 nitrogen and oxygen atoms in total. The first-order chi connectivity index (χ1) is 14.5. The number of carbonyl (C=O) groups excluding carboxylic acids is 1. The van der Waals surface area contributed by atoms with Crippen LogP contribution >= 0.6 is 23.4 Å². The van der Waals surface area contributed by atoms with E-state index in [4.69, 9.17) is 16.3 Å². The normalized spacial score (nSPS) is 18.2. The average molecular weight is 449 g/mol. The number of aryl methyl sites for hydroxylation is 1. The predicted octanol–water partition coefficient (Wildman–Crippen LogP) is 5.08. The van der Waals surface area contributed by atoms with E-state index in [9.17, 15) is 4.79 Å². The van der Waals surface area contributed by atoms with E-state index in [0.29, 0.717) is 23.7 Å². The molecule has 30 heavy (non-hydrogen) atoms. The molecule has 2 aromatic rings. The number of hydrogen-bond donors (Lipinski definition) is 1. The molecule has 0 aliphatic heterocycles. The molecule has 1 aromatic carbocycles. The molecule has 0 saturated heterocycles. The van der Waals surface area contributed by atoms with E-state index in [-0.39, 0.29) is 11.2 Å². The Kier molecular flexibility index (Phi) is 6.88. The second-order valence-corrected chi connectivity index (χ2v) is 10.0. The molecule has 0 spiro atoms. The minimum absolute atomic E-state index is 0.0790. The number of halogens is 1. The van der Waals surface area contributed by atoms with Gasteiger partial charge in [0.15, 0.2) is 11.0 Å². The summed E-state index contributed by atoms with van der Waals surface area (Å²) in [4.78, 5) is 12.4. The van der Waals surface area contributed by atoms with Crippen molar-refractivity contribution in [2.75, 3.05) is 0 Å². The third kappa shape index (κ3) is 5.30. The number of benzene rings is 1. The zero-order valence-electron chi connectivity index (χ0n) is 17.6. The fraction of sp³-hybridized carbons (Fsp3) is 0.591. The van der Waals surface area contributed by atoms with E-state index in [1.54, 1.807) is 0 Å². The minimum atomic E-state index is -0.204. The topological polar surface area (TPSA) is 69.0 Å². The summed E-state index contributed by atoms with van der Waals surface area (Å²) >= 11 is 7.55. The highest BCUT2D eigenvalue weighted by molar-refractivity contribution is 8.00. The number of amides is 1. The summed E-state index contributed by atoms with van der Waals surface area (Å²) in [5.74, 6) is 1.69. The van der Waals surface area contributed by atoms with Crippen LogP contribution in [-0.4, -0.2) is 32.0 Å². The molecule has 1 heterocycles. The van der Waals surface area contributed by atoms with Gasteiger partial charge in [0.1, 0.15) is 12.4 Å². The van der Waals surface area contributed by atoms with Crippen molar-refractivity contribution in [1.29, 1.82) is 0 Å². The zero-order chi connectivity index (χ0) is 21.1. The first-order valence-electron chi connectivity index (χ1n) is 10.8. The number of thioether (sulfide) groups is 1. The van der Waals surface area contributed by atoms with Gasteiger partial charge in [-0.25, -0.2) is 0 Å². The van der Waals surface area contributed by atoms with Gasteiger partial charge in [-0.2, -0.15) is 0 Å². The average Bonchev–Trinajstić information content (AvgIpc) is 3.46. The van der Waals surface area contributed by atoms with Crippen LogP contribution in [0.3, 0.4) is 0 Å². The van der Waals surface area contributed by atoms with Crippen LogP contribution in [0.2, 0.25) is 5.02 Å². The van der Waals surface area contributed by atoms with Gasteiger partial charge in [0.25, 0.3) is 0 Å². The summed E-state index contributed by atoms with van der Waals surface area (Å²) in [6.45, 7) is 4.26. The molecular formula is C22H29ClN4O2S. The quantitative estimate of drug-likeness (QED) is 0.570. The van der Waals surface area contributed by atoms with E-state index >= 15 is 0 Å². The molecule has 0 radical (unpaired) electrons. The molecule has 0 bridgehead atoms. The van der Waals surface area contributed by atoms with Crippen LogP contribution in [0.4, 0.5) is 0 Å². The van der Waals surface area contributed by atoms with Gasteiger partial charge >= 0.3 is 0 Å². The predicted molar refractivity (Wildman–Crippen MR) is 119 cm³/mol. The van der Waals surface area contributed by atoms with Gasteiger partial charge in [0, 0.05) is 17.1 Å². The molecule has 4 rings (SSSR count). The maximum Gasteiger partial charge on any atom is 0.233 e. The maximum atomic E-state index is 12.4. The first-order valence-corrected chi connectivity index (χ1v) is 12.1. The van der Waals surface area contributed by atoms with E-state index < -0.39 is 0 Å². The lowest BCUT2D eigenvalue weighted by Gasteiger charge is -2.26. The highest BCUT2D eigenvalue weighted by atomic mass is 35.5. The summed E-state index contributed by atoms with van der Waals surface area (Å²) in [6.07, 6.45) is 8.10. The standard InChI is InChI=1S/C22H29ClN4O2S/c1-14-12-16(23)8-11-19(14)29-13-20-25-26-22(27(20)18-6-4-3-5-7-18)30-15(2)21(28)24-17-9-10-17/h8,11-12,15,17-18H,3-7,9-10,13H2,1-2H3,(H,24,28)/t15-/m1/s1. The molecule has 1 atom stereocenters. The van der Waals surface area contributed by atoms with Gasteiger partial charge in [-0.3, -0.25) is 9.36 Å². The van der Waals surface area contributed by atoms with Crippen LogP contribution in [0, 0.1) is 6.92 Å². The Hall–Kier alpha value is -1.73. The Balaban J connectivity index is 1.51. The summed E-state index contributed by atoms with van der Waals surface area (Å²) in [5.41, 5.74) is 0.992. The highest BCUT2D eigenvalue weighted by Gasteiger charge is 2.29. The minimum Gasteiger partial charge on any atom is -0.485 e. The zero-order valence-corrected chi connectivity index (χ0v) is 19.1. The Labute approximate surface area is 187 Å². The smallest absolute Gasteiger partial charge is 0.233 e. The lowest BCUT2D eigenvalue weighted by molar-refractivity contribution is -0.120. The van der Waals surface area contributed by atoms with Crippen LogP contribution in [-0.2, 0) is 11.4 Å². The molecule has 1 N–H and O–H groups in total. The van der Waals surface area contributed by atoms with Crippen LogP contribution in [0.25, 0.3) is 0 Å². The van der Waals surface area contributed by atoms with E-state index in [0.717, 1.165) is 48.0 Å². The van der Waals surface area contributed by atoms with E-state index in [2.05, 4.69) is 20.1 Å². The van der Waals surface area contributed by atoms with Gasteiger partial charge in [0.05, 0.1) is 5.25 Å². The summed E-state index contributed by atoms with van der Waals surface area (Å²) in [5, 5.41) is 13.3. The number of aromatic nitrogens is 3. The SMILES string of the molecule is Cc1cc(Cl)ccc1OCc1nnc(S[C@H](C)C(=O)NC2CC2)n1C1CCCCC1. The van der Waals surface area contributed by atoms with Crippen molar-refractivity contribution >= 4 is 29.3 Å². The summed E-state index contributed by atoms with van der Waals surface area (Å²) < 4.78 is 8.28. The van der Waals surface area contributed by atoms with Crippen molar-refractivity contribution in [2.45, 2.75) is 87.9 Å². The third-order valence-electron chi connectivity index (χ3n) is 5.74. The molecular weight excluding hydrogens is 420 g/mol. The number of carbonyl (C=O) groups is 1. The van der Waals surface area contributed by atoms with E-state index in [1.165, 1.54) is 31.0 Å². The van der Waals surface area contributed by atoms with E-state index in [1.807, 2.05) is 32.0 Å². The van der Waals surface area contributed by atoms with Gasteiger partial charge in [-0.05, 0) is 63.3 Å². The Bertz CT molecular complexity index is 893. The second-order valence-electron chi connectivity index (χ2n) is 8.30. The number of nitrogens with zero attached hydrogens (tertiary/aromatic N) is 3. The van der Waals surface area contributed by atoms with Crippen molar-refractivity contribution in [2.24, 2.45) is 0 Å². The lowest BCUT2D eigenvalue weighted by atomic mass is 9.95. The third-order valence-corrected chi connectivity index (χ3v) is 7.04. The number of ether oxygens (including phenoxy) is 1. The van der Waals surface area contributed by atoms with Crippen LogP contribution in [0.15, 0.2) is 23.4 Å². The van der Waals surface area contributed by atoms with Gasteiger partial charge in [0.2, 0.25) is 5.91 Å². The second kappa shape index (κ2) is 9.60. The van der Waals surface area contributed by atoms with Gasteiger partial charge in [-0.15, -0.1) is 10.2 Å². The summed E-state index contributed by atoms with van der Waals surface area (Å²) in [7, 11) is 0. The fourth-order valence-corrected chi connectivity index (χ4v) is 5.04. The van der Waals surface area contributed by atoms with Crippen LogP contribution in [0.5, 0.6) is 5.75 Å². The van der Waals surface area contributed by atoms with Crippen molar-refractivity contribution in [3.05, 3.63) is 34.6 Å². The number of rotatable bonds is 8. The molecule has 1 amide bonds. The van der Waals surface area contributed by atoms with Crippen molar-refractivity contribution in [3.8, 4) is 5.75 Å². The molecule has 8 heteroatoms. The highest BCUT2D eigenvalue weighted by Crippen LogP contribution is 2.34. The molecule has 0 unspecified atom stereocenters. The number of nitrogens with one attached hydrogen (secondary N) is 1.